The predicted octanol–water partition coefficient (Wildman–Crippen LogP) is 1.69. The third-order valence-corrected chi connectivity index (χ3v) is 3.55. The summed E-state index contributed by atoms with van der Waals surface area (Å²) in [4.78, 5) is 8.68. The third-order valence-electron chi connectivity index (χ3n) is 3.55. The van der Waals surface area contributed by atoms with Crippen LogP contribution in [0.15, 0.2) is 6.20 Å². The molecule has 2 atom stereocenters. The van der Waals surface area contributed by atoms with Crippen LogP contribution in [0.3, 0.4) is 0 Å². The SMILES string of the molecule is CC(C)(C)Nc1ncc(C(=N)N)c(NC2CCCC(O)C2)n1. The number of aliphatic hydroxyl groups excluding tert-OH is 1. The lowest BCUT2D eigenvalue weighted by Crippen LogP contribution is -2.32. The summed E-state index contributed by atoms with van der Waals surface area (Å²) >= 11 is 0. The number of nitrogens with one attached hydrogen (secondary N) is 3. The number of amidine groups is 1. The predicted molar refractivity (Wildman–Crippen MR) is 88.3 cm³/mol. The second-order valence-electron chi connectivity index (χ2n) is 6.91. The standard InChI is InChI=1S/C15H26N6O/c1-15(2,3)21-14-18-8-11(12(16)17)13(20-14)19-9-5-4-6-10(22)7-9/h8-10,22H,4-7H2,1-3H3,(H3,16,17)(H2,18,19,20,21). The first kappa shape index (κ1) is 16.5. The van der Waals surface area contributed by atoms with Gasteiger partial charge in [-0.1, -0.05) is 0 Å². The summed E-state index contributed by atoms with van der Waals surface area (Å²) < 4.78 is 0. The molecule has 7 nitrogen and oxygen atoms in total. The lowest BCUT2D eigenvalue weighted by Gasteiger charge is -2.28. The molecule has 1 heterocycles. The molecule has 0 saturated heterocycles. The van der Waals surface area contributed by atoms with Gasteiger partial charge >= 0.3 is 0 Å². The van der Waals surface area contributed by atoms with Gasteiger partial charge in [-0.25, -0.2) is 4.98 Å². The average Bonchev–Trinajstić information content (AvgIpc) is 2.36. The molecule has 122 valence electrons. The third kappa shape index (κ3) is 4.56. The Kier molecular flexibility index (Phi) is 4.85. The molecule has 1 aromatic heterocycles. The highest BCUT2D eigenvalue weighted by molar-refractivity contribution is 5.99. The number of aromatic nitrogens is 2. The Morgan fingerprint density at radius 3 is 2.73 bits per heavy atom. The van der Waals surface area contributed by atoms with Crippen LogP contribution < -0.4 is 16.4 Å². The maximum absolute atomic E-state index is 9.79. The fraction of sp³-hybridized carbons (Fsp3) is 0.667. The first-order valence-electron chi connectivity index (χ1n) is 7.69. The van der Waals surface area contributed by atoms with Crippen LogP contribution in [-0.2, 0) is 0 Å². The Morgan fingerprint density at radius 2 is 2.14 bits per heavy atom. The highest BCUT2D eigenvalue weighted by Crippen LogP contribution is 2.24. The minimum Gasteiger partial charge on any atom is -0.393 e. The molecular weight excluding hydrogens is 280 g/mol. The zero-order valence-electron chi connectivity index (χ0n) is 13.5. The molecule has 2 rings (SSSR count). The van der Waals surface area contributed by atoms with Crippen molar-refractivity contribution in [3.05, 3.63) is 11.8 Å². The van der Waals surface area contributed by atoms with Crippen LogP contribution in [0.4, 0.5) is 11.8 Å². The fourth-order valence-corrected chi connectivity index (χ4v) is 2.57. The maximum Gasteiger partial charge on any atom is 0.225 e. The Morgan fingerprint density at radius 1 is 1.41 bits per heavy atom. The van der Waals surface area contributed by atoms with Crippen LogP contribution in [0, 0.1) is 5.41 Å². The van der Waals surface area contributed by atoms with Crippen LogP contribution in [-0.4, -0.2) is 38.6 Å². The van der Waals surface area contributed by atoms with Crippen molar-refractivity contribution in [2.45, 2.75) is 64.1 Å². The molecule has 1 aromatic rings. The highest BCUT2D eigenvalue weighted by atomic mass is 16.3. The lowest BCUT2D eigenvalue weighted by atomic mass is 9.93. The van der Waals surface area contributed by atoms with Gasteiger partial charge in [0.15, 0.2) is 0 Å². The number of nitrogen functional groups attached to an aromatic ring is 1. The van der Waals surface area contributed by atoms with Crippen LogP contribution in [0.25, 0.3) is 0 Å². The number of rotatable bonds is 4. The molecule has 0 aliphatic heterocycles. The second kappa shape index (κ2) is 6.48. The van der Waals surface area contributed by atoms with Crippen molar-refractivity contribution in [3.8, 4) is 0 Å². The molecule has 1 aliphatic rings. The number of nitrogens with zero attached hydrogens (tertiary/aromatic N) is 2. The Bertz CT molecular complexity index is 539. The van der Waals surface area contributed by atoms with Crippen LogP contribution in [0.1, 0.15) is 52.0 Å². The zero-order chi connectivity index (χ0) is 16.3. The van der Waals surface area contributed by atoms with E-state index in [0.717, 1.165) is 19.3 Å². The highest BCUT2D eigenvalue weighted by Gasteiger charge is 2.22. The molecule has 1 saturated carbocycles. The van der Waals surface area contributed by atoms with Crippen molar-refractivity contribution in [2.24, 2.45) is 5.73 Å². The van der Waals surface area contributed by atoms with Gasteiger partial charge in [-0.3, -0.25) is 5.41 Å². The Labute approximate surface area is 131 Å². The van der Waals surface area contributed by atoms with E-state index in [1.54, 1.807) is 6.20 Å². The van der Waals surface area contributed by atoms with E-state index in [0.29, 0.717) is 23.8 Å². The molecule has 0 amide bonds. The smallest absolute Gasteiger partial charge is 0.225 e. The number of hydrogen-bond acceptors (Lipinski definition) is 6. The van der Waals surface area contributed by atoms with Gasteiger partial charge in [0.1, 0.15) is 11.7 Å². The molecule has 0 aromatic carbocycles. The van der Waals surface area contributed by atoms with Crippen molar-refractivity contribution in [3.63, 3.8) is 0 Å². The number of nitrogens with two attached hydrogens (primary N) is 1. The first-order valence-corrected chi connectivity index (χ1v) is 7.69. The maximum atomic E-state index is 9.79. The average molecular weight is 306 g/mol. The van der Waals surface area contributed by atoms with Crippen molar-refractivity contribution in [1.82, 2.24) is 9.97 Å². The van der Waals surface area contributed by atoms with Crippen molar-refractivity contribution < 1.29 is 5.11 Å². The largest absolute Gasteiger partial charge is 0.393 e. The molecule has 0 spiro atoms. The van der Waals surface area contributed by atoms with Crippen LogP contribution >= 0.6 is 0 Å². The normalized spacial score (nSPS) is 22.2. The molecular formula is C15H26N6O. The fourth-order valence-electron chi connectivity index (χ4n) is 2.57. The number of anilines is 2. The topological polar surface area (TPSA) is 120 Å². The van der Waals surface area contributed by atoms with Gasteiger partial charge in [-0.05, 0) is 46.5 Å². The van der Waals surface area contributed by atoms with E-state index in [9.17, 15) is 5.11 Å². The summed E-state index contributed by atoms with van der Waals surface area (Å²) in [6, 6.07) is 0.138. The van der Waals surface area contributed by atoms with Gasteiger partial charge in [-0.2, -0.15) is 4.98 Å². The van der Waals surface area contributed by atoms with Gasteiger partial charge in [0.25, 0.3) is 0 Å². The van der Waals surface area contributed by atoms with Gasteiger partial charge < -0.3 is 21.5 Å². The molecule has 2 unspecified atom stereocenters. The molecule has 7 heteroatoms. The Hall–Kier alpha value is -1.89. The molecule has 0 bridgehead atoms. The van der Waals surface area contributed by atoms with Gasteiger partial charge in [0, 0.05) is 17.8 Å². The summed E-state index contributed by atoms with van der Waals surface area (Å²) in [7, 11) is 0. The van der Waals surface area contributed by atoms with Crippen LogP contribution in [0.2, 0.25) is 0 Å². The second-order valence-corrected chi connectivity index (χ2v) is 6.91. The molecule has 1 aliphatic carbocycles. The van der Waals surface area contributed by atoms with E-state index in [4.69, 9.17) is 11.1 Å². The summed E-state index contributed by atoms with van der Waals surface area (Å²) in [5, 5.41) is 24.0. The molecule has 22 heavy (non-hydrogen) atoms. The summed E-state index contributed by atoms with van der Waals surface area (Å²) in [6.07, 6.45) is 4.76. The zero-order valence-corrected chi connectivity index (χ0v) is 13.5. The van der Waals surface area contributed by atoms with E-state index >= 15 is 0 Å². The van der Waals surface area contributed by atoms with E-state index in [2.05, 4.69) is 20.6 Å². The first-order chi connectivity index (χ1) is 10.2. The number of aliphatic hydroxyl groups is 1. The van der Waals surface area contributed by atoms with E-state index < -0.39 is 0 Å². The van der Waals surface area contributed by atoms with Gasteiger partial charge in [-0.15, -0.1) is 0 Å². The summed E-state index contributed by atoms with van der Waals surface area (Å²) in [5.74, 6) is 0.978. The van der Waals surface area contributed by atoms with Crippen molar-refractivity contribution >= 4 is 17.6 Å². The van der Waals surface area contributed by atoms with Crippen molar-refractivity contribution in [2.75, 3.05) is 10.6 Å². The molecule has 1 fully saturated rings. The monoisotopic (exact) mass is 306 g/mol. The minimum atomic E-state index is -0.277. The summed E-state index contributed by atoms with van der Waals surface area (Å²) in [6.45, 7) is 6.08. The van der Waals surface area contributed by atoms with Crippen LogP contribution in [0.5, 0.6) is 0 Å². The van der Waals surface area contributed by atoms with Gasteiger partial charge in [0.2, 0.25) is 5.95 Å². The van der Waals surface area contributed by atoms with E-state index in [-0.39, 0.29) is 23.5 Å². The van der Waals surface area contributed by atoms with Crippen molar-refractivity contribution in [1.29, 1.82) is 5.41 Å². The van der Waals surface area contributed by atoms with E-state index in [1.807, 2.05) is 20.8 Å². The minimum absolute atomic E-state index is 0.0684. The number of hydrogen-bond donors (Lipinski definition) is 5. The summed E-state index contributed by atoms with van der Waals surface area (Å²) in [5.41, 5.74) is 5.95. The lowest BCUT2D eigenvalue weighted by molar-refractivity contribution is 0.124. The van der Waals surface area contributed by atoms with E-state index in [1.165, 1.54) is 0 Å². The van der Waals surface area contributed by atoms with Gasteiger partial charge in [0.05, 0.1) is 11.7 Å². The quantitative estimate of drug-likeness (QED) is 0.426. The molecule has 6 N–H and O–H groups in total. The Balaban J connectivity index is 2.21. The molecule has 0 radical (unpaired) electrons.